The second-order valence-corrected chi connectivity index (χ2v) is 6.01. The molecule has 2 aliphatic heterocycles. The number of para-hydroxylation sites is 2. The SMILES string of the molecule is NC1CCN(C2CCN(c3ccccc3[N+](=O)[O-])C2)CC1. The summed E-state index contributed by atoms with van der Waals surface area (Å²) in [6, 6.07) is 7.87. The summed E-state index contributed by atoms with van der Waals surface area (Å²) in [5, 5.41) is 11.2. The number of piperidine rings is 1. The molecule has 0 spiro atoms. The molecule has 0 bridgehead atoms. The lowest BCUT2D eigenvalue weighted by Gasteiger charge is -2.34. The highest BCUT2D eigenvalue weighted by atomic mass is 16.6. The summed E-state index contributed by atoms with van der Waals surface area (Å²) < 4.78 is 0. The molecule has 114 valence electrons. The van der Waals surface area contributed by atoms with Gasteiger partial charge in [-0.25, -0.2) is 0 Å². The average molecular weight is 290 g/mol. The van der Waals surface area contributed by atoms with Crippen molar-refractivity contribution in [2.45, 2.75) is 31.3 Å². The third-order valence-corrected chi connectivity index (χ3v) is 4.67. The zero-order valence-corrected chi connectivity index (χ0v) is 12.1. The van der Waals surface area contributed by atoms with Crippen LogP contribution in [0, 0.1) is 10.1 Å². The van der Waals surface area contributed by atoms with Crippen LogP contribution < -0.4 is 10.6 Å². The largest absolute Gasteiger partial charge is 0.364 e. The van der Waals surface area contributed by atoms with Crippen LogP contribution in [-0.2, 0) is 0 Å². The Labute approximate surface area is 124 Å². The van der Waals surface area contributed by atoms with Crippen molar-refractivity contribution >= 4 is 11.4 Å². The predicted octanol–water partition coefficient (Wildman–Crippen LogP) is 1.60. The van der Waals surface area contributed by atoms with Crippen molar-refractivity contribution in [1.29, 1.82) is 0 Å². The molecule has 1 atom stereocenters. The molecule has 1 aromatic carbocycles. The van der Waals surface area contributed by atoms with Crippen molar-refractivity contribution in [3.8, 4) is 0 Å². The number of nitrogens with two attached hydrogens (primary N) is 1. The van der Waals surface area contributed by atoms with E-state index in [1.807, 2.05) is 12.1 Å². The van der Waals surface area contributed by atoms with E-state index in [-0.39, 0.29) is 10.6 Å². The van der Waals surface area contributed by atoms with Crippen LogP contribution in [0.25, 0.3) is 0 Å². The van der Waals surface area contributed by atoms with Gasteiger partial charge in [0.15, 0.2) is 0 Å². The number of anilines is 1. The molecule has 0 saturated carbocycles. The summed E-state index contributed by atoms with van der Waals surface area (Å²) in [7, 11) is 0. The normalized spacial score (nSPS) is 24.4. The van der Waals surface area contributed by atoms with Crippen LogP contribution in [-0.4, -0.2) is 48.1 Å². The molecule has 3 rings (SSSR count). The van der Waals surface area contributed by atoms with Crippen molar-refractivity contribution in [2.75, 3.05) is 31.1 Å². The van der Waals surface area contributed by atoms with Gasteiger partial charge in [0, 0.05) is 31.2 Å². The lowest BCUT2D eigenvalue weighted by molar-refractivity contribution is -0.384. The Morgan fingerprint density at radius 3 is 2.57 bits per heavy atom. The molecule has 1 aromatic rings. The molecule has 1 unspecified atom stereocenters. The molecule has 2 heterocycles. The third-order valence-electron chi connectivity index (χ3n) is 4.67. The van der Waals surface area contributed by atoms with Crippen LogP contribution in [0.4, 0.5) is 11.4 Å². The van der Waals surface area contributed by atoms with Gasteiger partial charge in [0.2, 0.25) is 0 Å². The number of hydrogen-bond donors (Lipinski definition) is 1. The summed E-state index contributed by atoms with van der Waals surface area (Å²) in [6.45, 7) is 3.87. The number of nitro benzene ring substituents is 1. The standard InChI is InChI=1S/C15H22N4O2/c16-12-5-8-17(9-6-12)13-7-10-18(11-13)14-3-1-2-4-15(14)19(20)21/h1-4,12-13H,5-11,16H2. The van der Waals surface area contributed by atoms with E-state index >= 15 is 0 Å². The first-order valence-corrected chi connectivity index (χ1v) is 7.63. The van der Waals surface area contributed by atoms with Crippen LogP contribution >= 0.6 is 0 Å². The van der Waals surface area contributed by atoms with Crippen molar-refractivity contribution < 1.29 is 4.92 Å². The quantitative estimate of drug-likeness (QED) is 0.676. The second kappa shape index (κ2) is 5.99. The van der Waals surface area contributed by atoms with E-state index in [4.69, 9.17) is 5.73 Å². The molecule has 21 heavy (non-hydrogen) atoms. The van der Waals surface area contributed by atoms with E-state index in [0.717, 1.165) is 51.1 Å². The van der Waals surface area contributed by atoms with E-state index in [2.05, 4.69) is 9.80 Å². The van der Waals surface area contributed by atoms with Gasteiger partial charge in [-0.2, -0.15) is 0 Å². The highest BCUT2D eigenvalue weighted by molar-refractivity contribution is 5.63. The van der Waals surface area contributed by atoms with E-state index in [1.165, 1.54) is 0 Å². The van der Waals surface area contributed by atoms with Gasteiger partial charge in [-0.1, -0.05) is 12.1 Å². The lowest BCUT2D eigenvalue weighted by atomic mass is 10.0. The molecule has 0 aliphatic carbocycles. The van der Waals surface area contributed by atoms with Crippen LogP contribution in [0.5, 0.6) is 0 Å². The fourth-order valence-corrected chi connectivity index (χ4v) is 3.43. The lowest BCUT2D eigenvalue weighted by Crippen LogP contribution is -2.46. The average Bonchev–Trinajstić information content (AvgIpc) is 2.97. The first kappa shape index (κ1) is 14.3. The zero-order valence-electron chi connectivity index (χ0n) is 12.1. The Morgan fingerprint density at radius 2 is 1.86 bits per heavy atom. The minimum absolute atomic E-state index is 0.207. The Morgan fingerprint density at radius 1 is 1.14 bits per heavy atom. The molecule has 0 radical (unpaired) electrons. The summed E-state index contributed by atoms with van der Waals surface area (Å²) in [4.78, 5) is 15.5. The van der Waals surface area contributed by atoms with Crippen molar-refractivity contribution in [2.24, 2.45) is 5.73 Å². The van der Waals surface area contributed by atoms with Gasteiger partial charge in [0.1, 0.15) is 5.69 Å². The smallest absolute Gasteiger partial charge is 0.292 e. The van der Waals surface area contributed by atoms with Crippen molar-refractivity contribution in [3.63, 3.8) is 0 Å². The summed E-state index contributed by atoms with van der Waals surface area (Å²) in [6.07, 6.45) is 3.19. The summed E-state index contributed by atoms with van der Waals surface area (Å²) in [5.74, 6) is 0. The minimum atomic E-state index is -0.289. The number of hydrogen-bond acceptors (Lipinski definition) is 5. The van der Waals surface area contributed by atoms with Crippen LogP contribution in [0.2, 0.25) is 0 Å². The molecule has 6 nitrogen and oxygen atoms in total. The molecule has 0 aromatic heterocycles. The number of nitro groups is 1. The number of rotatable bonds is 3. The molecular weight excluding hydrogens is 268 g/mol. The van der Waals surface area contributed by atoms with Gasteiger partial charge in [-0.05, 0) is 38.4 Å². The van der Waals surface area contributed by atoms with E-state index in [1.54, 1.807) is 12.1 Å². The number of benzene rings is 1. The van der Waals surface area contributed by atoms with Crippen molar-refractivity contribution in [3.05, 3.63) is 34.4 Å². The summed E-state index contributed by atoms with van der Waals surface area (Å²) >= 11 is 0. The zero-order chi connectivity index (χ0) is 14.8. The fraction of sp³-hybridized carbons (Fsp3) is 0.600. The maximum atomic E-state index is 11.2. The van der Waals surface area contributed by atoms with Gasteiger partial charge in [-0.15, -0.1) is 0 Å². The Hall–Kier alpha value is -1.66. The Bertz CT molecular complexity index is 514. The number of likely N-dealkylation sites (tertiary alicyclic amines) is 1. The summed E-state index contributed by atoms with van der Waals surface area (Å²) in [5.41, 5.74) is 6.91. The molecule has 2 aliphatic rings. The van der Waals surface area contributed by atoms with Crippen LogP contribution in [0.3, 0.4) is 0 Å². The maximum Gasteiger partial charge on any atom is 0.292 e. The van der Waals surface area contributed by atoms with Crippen molar-refractivity contribution in [1.82, 2.24) is 4.90 Å². The molecule has 2 N–H and O–H groups in total. The van der Waals surface area contributed by atoms with Gasteiger partial charge < -0.3 is 10.6 Å². The maximum absolute atomic E-state index is 11.2. The van der Waals surface area contributed by atoms with Gasteiger partial charge in [0.25, 0.3) is 5.69 Å². The molecule has 2 saturated heterocycles. The third kappa shape index (κ3) is 3.01. The van der Waals surface area contributed by atoms with Crippen LogP contribution in [0.1, 0.15) is 19.3 Å². The van der Waals surface area contributed by atoms with E-state index < -0.39 is 0 Å². The fourth-order valence-electron chi connectivity index (χ4n) is 3.43. The molecule has 0 amide bonds. The Balaban J connectivity index is 1.68. The topological polar surface area (TPSA) is 75.6 Å². The minimum Gasteiger partial charge on any atom is -0.364 e. The number of nitrogens with zero attached hydrogens (tertiary/aromatic N) is 3. The first-order chi connectivity index (χ1) is 10.1. The molecule has 2 fully saturated rings. The Kier molecular flexibility index (Phi) is 4.07. The highest BCUT2D eigenvalue weighted by Crippen LogP contribution is 2.31. The van der Waals surface area contributed by atoms with Gasteiger partial charge in [-0.3, -0.25) is 15.0 Å². The monoisotopic (exact) mass is 290 g/mol. The first-order valence-electron chi connectivity index (χ1n) is 7.63. The van der Waals surface area contributed by atoms with Gasteiger partial charge in [0.05, 0.1) is 4.92 Å². The highest BCUT2D eigenvalue weighted by Gasteiger charge is 2.32. The van der Waals surface area contributed by atoms with E-state index in [9.17, 15) is 10.1 Å². The van der Waals surface area contributed by atoms with E-state index in [0.29, 0.717) is 12.1 Å². The van der Waals surface area contributed by atoms with Crippen LogP contribution in [0.15, 0.2) is 24.3 Å². The van der Waals surface area contributed by atoms with Gasteiger partial charge >= 0.3 is 0 Å². The second-order valence-electron chi connectivity index (χ2n) is 6.01. The molecular formula is C15H22N4O2. The molecule has 6 heteroatoms. The predicted molar refractivity (Wildman–Crippen MR) is 82.5 cm³/mol.